The average Bonchev–Trinajstić information content (AvgIpc) is 3.02. The van der Waals surface area contributed by atoms with Crippen molar-refractivity contribution in [3.05, 3.63) is 104 Å². The number of benzene rings is 2. The van der Waals surface area contributed by atoms with Crippen LogP contribution in [0.4, 0.5) is 8.78 Å². The van der Waals surface area contributed by atoms with Gasteiger partial charge in [-0.1, -0.05) is 86.5 Å². The van der Waals surface area contributed by atoms with E-state index in [2.05, 4.69) is 0 Å². The average molecular weight is 675 g/mol. The Balaban J connectivity index is 1.10. The first kappa shape index (κ1) is 33.4. The Morgan fingerprint density at radius 3 is 1.51 bits per heavy atom. The van der Waals surface area contributed by atoms with Gasteiger partial charge in [-0.25, -0.2) is 8.78 Å². The van der Waals surface area contributed by atoms with Gasteiger partial charge in [0.2, 0.25) is 0 Å². The van der Waals surface area contributed by atoms with E-state index in [1.165, 1.54) is 12.4 Å². The number of hydrogen-bond donors (Lipinski definition) is 0. The summed E-state index contributed by atoms with van der Waals surface area (Å²) in [4.78, 5) is 0. The molecule has 0 aliphatic rings. The van der Waals surface area contributed by atoms with Crippen LogP contribution in [0.25, 0.3) is 11.4 Å². The van der Waals surface area contributed by atoms with Crippen molar-refractivity contribution in [1.82, 2.24) is 18.3 Å². The molecule has 0 saturated heterocycles. The number of hydrogen-bond acceptors (Lipinski definition) is 5. The van der Waals surface area contributed by atoms with E-state index in [4.69, 9.17) is 53.3 Å². The zero-order valence-corrected chi connectivity index (χ0v) is 28.7. The highest BCUT2D eigenvalue weighted by atomic mass is 32.1. The summed E-state index contributed by atoms with van der Waals surface area (Å²) in [5.74, 6) is -0.877. The lowest BCUT2D eigenvalue weighted by molar-refractivity contribution is 0.318. The Morgan fingerprint density at radius 1 is 0.581 bits per heavy atom. The number of unbranched alkanes of at least 4 members (excludes halogenated alkanes) is 5. The predicted octanol–water partition coefficient (Wildman–Crippen LogP) is 9.02. The number of rotatable bonds is 16. The fourth-order valence-corrected chi connectivity index (χ4v) is 7.27. The lowest BCUT2D eigenvalue weighted by Gasteiger charge is -2.14. The topological polar surface area (TPSA) is 28.9 Å². The van der Waals surface area contributed by atoms with Crippen molar-refractivity contribution < 1.29 is 13.2 Å². The summed E-state index contributed by atoms with van der Waals surface area (Å²) in [7, 11) is -0.558. The van der Waals surface area contributed by atoms with E-state index in [9.17, 15) is 8.78 Å². The zero-order chi connectivity index (χ0) is 30.6. The van der Waals surface area contributed by atoms with E-state index in [1.807, 2.05) is 60.7 Å². The summed E-state index contributed by atoms with van der Waals surface area (Å²) in [6.45, 7) is 1.98. The van der Waals surface area contributed by atoms with Gasteiger partial charge in [0, 0.05) is 31.1 Å². The minimum absolute atomic E-state index is 0.158. The van der Waals surface area contributed by atoms with Crippen molar-refractivity contribution >= 4 is 58.6 Å². The Morgan fingerprint density at radius 2 is 1.02 bits per heavy atom. The minimum Gasteiger partial charge on any atom is -0.424 e. The second-order valence-corrected chi connectivity index (χ2v) is 13.3. The molecule has 0 fully saturated rings. The second kappa shape index (κ2) is 17.1. The van der Waals surface area contributed by atoms with E-state index in [-0.39, 0.29) is 9.28 Å². The highest BCUT2D eigenvalue weighted by Gasteiger charge is 2.09. The summed E-state index contributed by atoms with van der Waals surface area (Å²) in [5.41, 5.74) is 1.63. The Hall–Kier alpha value is -2.48. The Bertz CT molecular complexity index is 1600. The quantitative estimate of drug-likeness (QED) is 0.0672. The summed E-state index contributed by atoms with van der Waals surface area (Å²) in [6.07, 6.45) is 9.66. The van der Waals surface area contributed by atoms with Gasteiger partial charge in [0.25, 0.3) is 0 Å². The highest BCUT2D eigenvalue weighted by Crippen LogP contribution is 2.15. The third-order valence-electron chi connectivity index (χ3n) is 7.17. The van der Waals surface area contributed by atoms with Gasteiger partial charge < -0.3 is 13.6 Å². The van der Waals surface area contributed by atoms with Crippen LogP contribution in [0.2, 0.25) is 6.04 Å². The van der Waals surface area contributed by atoms with Gasteiger partial charge >= 0.3 is 0 Å². The molecule has 0 unspecified atom stereocenters. The van der Waals surface area contributed by atoms with E-state index in [0.29, 0.717) is 22.6 Å². The summed E-state index contributed by atoms with van der Waals surface area (Å²) < 4.78 is 43.1. The molecule has 2 aromatic heterocycles. The second-order valence-electron chi connectivity index (χ2n) is 10.3. The maximum Gasteiger partial charge on any atom is 0.185 e. The molecule has 0 N–H and O–H groups in total. The fraction of sp³-hybridized carbons (Fsp3) is 0.355. The summed E-state index contributed by atoms with van der Waals surface area (Å²) in [5, 5.41) is 0. The van der Waals surface area contributed by atoms with E-state index in [1.54, 1.807) is 18.3 Å². The van der Waals surface area contributed by atoms with Crippen LogP contribution in [0.5, 0.6) is 0 Å². The van der Waals surface area contributed by atoms with E-state index in [0.717, 1.165) is 69.0 Å². The first-order chi connectivity index (χ1) is 20.9. The summed E-state index contributed by atoms with van der Waals surface area (Å²) in [6, 6.07) is 20.1. The van der Waals surface area contributed by atoms with Crippen molar-refractivity contribution in [3.8, 4) is 11.4 Å². The molecule has 0 amide bonds. The van der Waals surface area contributed by atoms with Crippen molar-refractivity contribution in [1.29, 1.82) is 0 Å². The molecule has 2 aromatic carbocycles. The highest BCUT2D eigenvalue weighted by molar-refractivity contribution is 7.72. The van der Waals surface area contributed by atoms with Crippen LogP contribution in [0.1, 0.15) is 44.9 Å². The molecule has 0 aliphatic heterocycles. The minimum atomic E-state index is -0.558. The number of halogens is 2. The molecule has 0 bridgehead atoms. The predicted molar refractivity (Wildman–Crippen MR) is 182 cm³/mol. The molecule has 2 heterocycles. The largest absolute Gasteiger partial charge is 0.424 e. The standard InChI is InChI=1S/C31H36F2N4OS4Si/c32-26-22-36(24-14-6-3-7-15-24)30(41)34(28(26)39)18-10-1-2-12-20-38-43-21-13-5-11-19-35-29(40)27(33)23-37(31(35)42)25-16-8-4-9-17-25/h3-4,6-9,14-17,22-23H,1-2,5,10-13,18-21,43H2. The first-order valence-corrected chi connectivity index (χ1v) is 17.8. The van der Waals surface area contributed by atoms with E-state index < -0.39 is 21.4 Å². The Labute approximate surface area is 274 Å². The van der Waals surface area contributed by atoms with Gasteiger partial charge in [-0.05, 0) is 74.0 Å². The van der Waals surface area contributed by atoms with Gasteiger partial charge in [0.15, 0.2) is 30.9 Å². The molecule has 12 heteroatoms. The first-order valence-electron chi connectivity index (χ1n) is 14.6. The normalized spacial score (nSPS) is 11.5. The molecule has 5 nitrogen and oxygen atoms in total. The van der Waals surface area contributed by atoms with Crippen LogP contribution in [-0.4, -0.2) is 34.6 Å². The van der Waals surface area contributed by atoms with Crippen molar-refractivity contribution in [2.75, 3.05) is 6.61 Å². The third-order valence-corrected chi connectivity index (χ3v) is 10.2. The van der Waals surface area contributed by atoms with Gasteiger partial charge in [-0.2, -0.15) is 0 Å². The van der Waals surface area contributed by atoms with Crippen LogP contribution >= 0.6 is 48.9 Å². The molecule has 4 aromatic rings. The van der Waals surface area contributed by atoms with Gasteiger partial charge in [-0.15, -0.1) is 0 Å². The lowest BCUT2D eigenvalue weighted by atomic mass is 10.2. The van der Waals surface area contributed by atoms with Crippen LogP contribution in [0.3, 0.4) is 0 Å². The zero-order valence-electron chi connectivity index (χ0n) is 24.0. The van der Waals surface area contributed by atoms with Gasteiger partial charge in [-0.3, -0.25) is 9.13 Å². The molecule has 0 aliphatic carbocycles. The van der Waals surface area contributed by atoms with Crippen LogP contribution in [-0.2, 0) is 17.5 Å². The van der Waals surface area contributed by atoms with Crippen LogP contribution in [0, 0.1) is 30.5 Å². The SMILES string of the molecule is Fc1cn(-c2ccccc2)c(=S)n(CCCCCCO[SiH2]CCCCCn2c(=S)c(F)cn(-c3ccccc3)c2=S)c1=S. The maximum atomic E-state index is 14.5. The van der Waals surface area contributed by atoms with Crippen molar-refractivity contribution in [2.45, 2.75) is 64.1 Å². The molecule has 0 saturated carbocycles. The fourth-order valence-electron chi connectivity index (χ4n) is 4.84. The third kappa shape index (κ3) is 9.26. The molecule has 0 atom stereocenters. The van der Waals surface area contributed by atoms with E-state index >= 15 is 0 Å². The smallest absolute Gasteiger partial charge is 0.185 e. The number of para-hydroxylation sites is 2. The molecule has 4 rings (SSSR count). The number of aromatic nitrogens is 4. The number of nitrogens with zero attached hydrogens (tertiary/aromatic N) is 4. The molecule has 228 valence electrons. The molecular formula is C31H36F2N4OS4Si. The molecule has 0 spiro atoms. The van der Waals surface area contributed by atoms with Crippen LogP contribution < -0.4 is 0 Å². The van der Waals surface area contributed by atoms with Crippen molar-refractivity contribution in [3.63, 3.8) is 0 Å². The molecule has 43 heavy (non-hydrogen) atoms. The van der Waals surface area contributed by atoms with Crippen molar-refractivity contribution in [2.24, 2.45) is 0 Å². The molecular weight excluding hydrogens is 639 g/mol. The Kier molecular flexibility index (Phi) is 13.3. The van der Waals surface area contributed by atoms with Crippen LogP contribution in [0.15, 0.2) is 73.1 Å². The lowest BCUT2D eigenvalue weighted by Crippen LogP contribution is -2.12. The monoisotopic (exact) mass is 674 g/mol. The molecule has 0 radical (unpaired) electrons. The maximum absolute atomic E-state index is 14.5. The van der Waals surface area contributed by atoms with Gasteiger partial charge in [0.1, 0.15) is 9.28 Å². The summed E-state index contributed by atoms with van der Waals surface area (Å²) >= 11 is 21.9. The van der Waals surface area contributed by atoms with Gasteiger partial charge in [0.05, 0.1) is 12.4 Å².